The van der Waals surface area contributed by atoms with E-state index < -0.39 is 5.25 Å². The van der Waals surface area contributed by atoms with Crippen LogP contribution in [0.25, 0.3) is 11.4 Å². The van der Waals surface area contributed by atoms with Crippen LogP contribution < -0.4 is 5.32 Å². The van der Waals surface area contributed by atoms with E-state index >= 15 is 0 Å². The maximum atomic E-state index is 13.3. The van der Waals surface area contributed by atoms with Crippen molar-refractivity contribution in [3.63, 3.8) is 0 Å². The van der Waals surface area contributed by atoms with E-state index in [1.165, 1.54) is 23.9 Å². The number of halogens is 1. The van der Waals surface area contributed by atoms with Crippen LogP contribution in [0.2, 0.25) is 0 Å². The first-order valence-electron chi connectivity index (χ1n) is 8.30. The Balaban J connectivity index is 1.74. The Kier molecular flexibility index (Phi) is 5.68. The van der Waals surface area contributed by atoms with Crippen LogP contribution in [0.15, 0.2) is 59.8 Å². The van der Waals surface area contributed by atoms with Gasteiger partial charge in [-0.2, -0.15) is 0 Å². The zero-order valence-corrected chi connectivity index (χ0v) is 15.3. The van der Waals surface area contributed by atoms with Crippen LogP contribution in [0.4, 0.5) is 10.1 Å². The minimum Gasteiger partial charge on any atom is -0.325 e. The van der Waals surface area contributed by atoms with Gasteiger partial charge in [0, 0.05) is 17.8 Å². The summed E-state index contributed by atoms with van der Waals surface area (Å²) in [5.41, 5.74) is 1.41. The van der Waals surface area contributed by atoms with Gasteiger partial charge in [-0.15, -0.1) is 10.2 Å². The molecule has 134 valence electrons. The third-order valence-electron chi connectivity index (χ3n) is 3.81. The number of aromatic nitrogens is 3. The summed E-state index contributed by atoms with van der Waals surface area (Å²) in [5, 5.41) is 11.5. The SMILES string of the molecule is CCn1c(S[C@H](C)C(=O)Nc2cccc(F)c2)nnc1-c1ccccc1. The summed E-state index contributed by atoms with van der Waals surface area (Å²) in [6.45, 7) is 4.49. The number of thioether (sulfide) groups is 1. The summed E-state index contributed by atoms with van der Waals surface area (Å²) in [5.74, 6) is 0.169. The molecule has 5 nitrogen and oxygen atoms in total. The quantitative estimate of drug-likeness (QED) is 0.660. The Labute approximate surface area is 155 Å². The molecule has 2 aromatic carbocycles. The zero-order valence-electron chi connectivity index (χ0n) is 14.5. The maximum Gasteiger partial charge on any atom is 0.237 e. The largest absolute Gasteiger partial charge is 0.325 e. The minimum absolute atomic E-state index is 0.215. The molecular weight excluding hydrogens is 351 g/mol. The molecule has 0 aliphatic rings. The fourth-order valence-electron chi connectivity index (χ4n) is 2.48. The molecule has 1 aromatic heterocycles. The Morgan fingerprint density at radius 2 is 1.96 bits per heavy atom. The first-order valence-corrected chi connectivity index (χ1v) is 9.18. The molecule has 0 aliphatic heterocycles. The number of hydrogen-bond donors (Lipinski definition) is 1. The molecule has 0 spiro atoms. The van der Waals surface area contributed by atoms with Gasteiger partial charge < -0.3 is 9.88 Å². The van der Waals surface area contributed by atoms with E-state index in [1.54, 1.807) is 19.1 Å². The summed E-state index contributed by atoms with van der Waals surface area (Å²) in [7, 11) is 0. The highest BCUT2D eigenvalue weighted by atomic mass is 32.2. The molecule has 1 atom stereocenters. The summed E-state index contributed by atoms with van der Waals surface area (Å²) in [6, 6.07) is 15.6. The highest BCUT2D eigenvalue weighted by Crippen LogP contribution is 2.27. The number of carbonyl (C=O) groups is 1. The van der Waals surface area contributed by atoms with Crippen LogP contribution in [-0.4, -0.2) is 25.9 Å². The summed E-state index contributed by atoms with van der Waals surface area (Å²) in [4.78, 5) is 12.4. The van der Waals surface area contributed by atoms with Gasteiger partial charge >= 0.3 is 0 Å². The fraction of sp³-hybridized carbons (Fsp3) is 0.211. The van der Waals surface area contributed by atoms with Gasteiger partial charge in [-0.25, -0.2) is 4.39 Å². The number of nitrogens with zero attached hydrogens (tertiary/aromatic N) is 3. The number of hydrogen-bond acceptors (Lipinski definition) is 4. The summed E-state index contributed by atoms with van der Waals surface area (Å²) >= 11 is 1.33. The van der Waals surface area contributed by atoms with Crippen molar-refractivity contribution in [1.82, 2.24) is 14.8 Å². The average molecular weight is 370 g/mol. The molecule has 3 rings (SSSR count). The van der Waals surface area contributed by atoms with Crippen molar-refractivity contribution >= 4 is 23.4 Å². The molecular formula is C19H19FN4OS. The van der Waals surface area contributed by atoms with Crippen LogP contribution >= 0.6 is 11.8 Å². The van der Waals surface area contributed by atoms with Gasteiger partial charge in [0.15, 0.2) is 11.0 Å². The molecule has 1 amide bonds. The van der Waals surface area contributed by atoms with E-state index in [-0.39, 0.29) is 11.7 Å². The molecule has 0 saturated heterocycles. The van der Waals surface area contributed by atoms with Gasteiger partial charge in [-0.3, -0.25) is 4.79 Å². The molecule has 0 saturated carbocycles. The molecule has 26 heavy (non-hydrogen) atoms. The topological polar surface area (TPSA) is 59.8 Å². The second-order valence-corrected chi connectivity index (χ2v) is 6.98. The third-order valence-corrected chi connectivity index (χ3v) is 4.89. The monoisotopic (exact) mass is 370 g/mol. The van der Waals surface area contributed by atoms with E-state index in [0.29, 0.717) is 17.4 Å². The number of amides is 1. The molecule has 0 bridgehead atoms. The Morgan fingerprint density at radius 1 is 1.19 bits per heavy atom. The predicted octanol–water partition coefficient (Wildman–Crippen LogP) is 4.22. The summed E-state index contributed by atoms with van der Waals surface area (Å²) < 4.78 is 15.2. The summed E-state index contributed by atoms with van der Waals surface area (Å²) in [6.07, 6.45) is 0. The van der Waals surface area contributed by atoms with Crippen LogP contribution in [0.3, 0.4) is 0 Å². The fourth-order valence-corrected chi connectivity index (χ4v) is 3.40. The number of rotatable bonds is 6. The molecule has 1 heterocycles. The van der Waals surface area contributed by atoms with E-state index in [9.17, 15) is 9.18 Å². The smallest absolute Gasteiger partial charge is 0.237 e. The number of nitrogens with one attached hydrogen (secondary N) is 1. The third kappa shape index (κ3) is 4.11. The van der Waals surface area contributed by atoms with Crippen molar-refractivity contribution < 1.29 is 9.18 Å². The molecule has 7 heteroatoms. The zero-order chi connectivity index (χ0) is 18.5. The van der Waals surface area contributed by atoms with Gasteiger partial charge in [0.2, 0.25) is 5.91 Å². The second-order valence-electron chi connectivity index (χ2n) is 5.68. The van der Waals surface area contributed by atoms with E-state index in [1.807, 2.05) is 41.8 Å². The molecule has 1 N–H and O–H groups in total. The van der Waals surface area contributed by atoms with Gasteiger partial charge in [0.1, 0.15) is 5.82 Å². The highest BCUT2D eigenvalue weighted by Gasteiger charge is 2.20. The van der Waals surface area contributed by atoms with Crippen molar-refractivity contribution in [2.24, 2.45) is 0 Å². The molecule has 0 aliphatic carbocycles. The normalized spacial score (nSPS) is 12.0. The van der Waals surface area contributed by atoms with E-state index in [4.69, 9.17) is 0 Å². The van der Waals surface area contributed by atoms with Gasteiger partial charge in [-0.1, -0.05) is 48.2 Å². The number of anilines is 1. The van der Waals surface area contributed by atoms with Crippen LogP contribution in [0.1, 0.15) is 13.8 Å². The first kappa shape index (κ1) is 18.1. The first-order chi connectivity index (χ1) is 12.6. The number of benzene rings is 2. The lowest BCUT2D eigenvalue weighted by molar-refractivity contribution is -0.115. The van der Waals surface area contributed by atoms with Gasteiger partial charge in [0.25, 0.3) is 0 Å². The molecule has 0 unspecified atom stereocenters. The van der Waals surface area contributed by atoms with Crippen molar-refractivity contribution in [2.45, 2.75) is 30.8 Å². The van der Waals surface area contributed by atoms with Crippen molar-refractivity contribution in [2.75, 3.05) is 5.32 Å². The second kappa shape index (κ2) is 8.14. The standard InChI is InChI=1S/C19H19FN4OS/c1-3-24-17(14-8-5-4-6-9-14)22-23-19(24)26-13(2)18(25)21-16-11-7-10-15(20)12-16/h4-13H,3H2,1-2H3,(H,21,25)/t13-/m1/s1. The van der Waals surface area contributed by atoms with Crippen molar-refractivity contribution in [1.29, 1.82) is 0 Å². The van der Waals surface area contributed by atoms with Crippen LogP contribution in [0.5, 0.6) is 0 Å². The lowest BCUT2D eigenvalue weighted by Gasteiger charge is -2.13. The predicted molar refractivity (Wildman–Crippen MR) is 101 cm³/mol. The average Bonchev–Trinajstić information content (AvgIpc) is 3.05. The Bertz CT molecular complexity index is 898. The van der Waals surface area contributed by atoms with E-state index in [2.05, 4.69) is 15.5 Å². The van der Waals surface area contributed by atoms with Crippen molar-refractivity contribution in [3.8, 4) is 11.4 Å². The van der Waals surface area contributed by atoms with E-state index in [0.717, 1.165) is 11.4 Å². The van der Waals surface area contributed by atoms with Crippen LogP contribution in [-0.2, 0) is 11.3 Å². The highest BCUT2D eigenvalue weighted by molar-refractivity contribution is 8.00. The lowest BCUT2D eigenvalue weighted by Crippen LogP contribution is -2.23. The molecule has 0 radical (unpaired) electrons. The van der Waals surface area contributed by atoms with Crippen LogP contribution in [0, 0.1) is 5.82 Å². The molecule has 3 aromatic rings. The van der Waals surface area contributed by atoms with Gasteiger partial charge in [0.05, 0.1) is 5.25 Å². The lowest BCUT2D eigenvalue weighted by atomic mass is 10.2. The maximum absolute atomic E-state index is 13.3. The van der Waals surface area contributed by atoms with Gasteiger partial charge in [-0.05, 0) is 32.0 Å². The Hall–Kier alpha value is -2.67. The molecule has 0 fully saturated rings. The van der Waals surface area contributed by atoms with Crippen molar-refractivity contribution in [3.05, 3.63) is 60.4 Å². The Morgan fingerprint density at radius 3 is 2.65 bits per heavy atom. The number of carbonyl (C=O) groups excluding carboxylic acids is 1. The minimum atomic E-state index is -0.406.